The van der Waals surface area contributed by atoms with Gasteiger partial charge in [0.1, 0.15) is 5.52 Å². The number of rotatable bonds is 4. The maximum absolute atomic E-state index is 11.5. The zero-order valence-electron chi connectivity index (χ0n) is 11.3. The van der Waals surface area contributed by atoms with E-state index in [-0.39, 0.29) is 24.8 Å². The maximum atomic E-state index is 11.5. The summed E-state index contributed by atoms with van der Waals surface area (Å²) in [7, 11) is 1.25. The molecule has 0 radical (unpaired) electrons. The Bertz CT molecular complexity index is 659. The number of guanidine groups is 1. The number of benzene rings is 1. The number of aromatic nitrogens is 1. The molecule has 1 amide bonds. The summed E-state index contributed by atoms with van der Waals surface area (Å²) < 4.78 is 9.76. The molecule has 2 aromatic rings. The number of fused-ring (bicyclic) bond motifs is 1. The van der Waals surface area contributed by atoms with Gasteiger partial charge in [-0.2, -0.15) is 9.98 Å². The van der Waals surface area contributed by atoms with Gasteiger partial charge >= 0.3 is 12.0 Å². The zero-order chi connectivity index (χ0) is 15.2. The van der Waals surface area contributed by atoms with Crippen LogP contribution in [0.1, 0.15) is 12.8 Å². The quantitative estimate of drug-likeness (QED) is 0.489. The minimum Gasteiger partial charge on any atom is -0.469 e. The van der Waals surface area contributed by atoms with Crippen molar-refractivity contribution in [3.8, 4) is 0 Å². The topological polar surface area (TPSA) is 120 Å². The molecule has 1 heterocycles. The van der Waals surface area contributed by atoms with E-state index in [9.17, 15) is 9.59 Å². The Morgan fingerprint density at radius 1 is 1.38 bits per heavy atom. The molecule has 8 heteroatoms. The Labute approximate surface area is 120 Å². The number of amides is 1. The van der Waals surface area contributed by atoms with Crippen LogP contribution in [0.3, 0.4) is 0 Å². The lowest BCUT2D eigenvalue weighted by molar-refractivity contribution is -0.142. The number of nitrogens with one attached hydrogen (secondary N) is 1. The molecule has 0 spiro atoms. The van der Waals surface area contributed by atoms with Gasteiger partial charge in [0, 0.05) is 6.42 Å². The molecule has 8 nitrogen and oxygen atoms in total. The van der Waals surface area contributed by atoms with E-state index in [0.29, 0.717) is 11.1 Å². The normalized spacial score (nSPS) is 11.4. The first-order valence-corrected chi connectivity index (χ1v) is 6.15. The minimum absolute atomic E-state index is 0.0293. The molecule has 0 aliphatic rings. The highest BCUT2D eigenvalue weighted by molar-refractivity contribution is 5.97. The molecular formula is C13H14N4O4. The molecule has 0 atom stereocenters. The van der Waals surface area contributed by atoms with Crippen LogP contribution in [0.4, 0.5) is 6.01 Å². The van der Waals surface area contributed by atoms with Gasteiger partial charge in [-0.25, -0.2) is 0 Å². The molecule has 0 aliphatic carbocycles. The fraction of sp³-hybridized carbons (Fsp3) is 0.231. The number of oxazole rings is 1. The summed E-state index contributed by atoms with van der Waals surface area (Å²) in [5, 5.41) is 2.33. The van der Waals surface area contributed by atoms with E-state index in [1.807, 2.05) is 6.07 Å². The number of aliphatic imine (C=N–C) groups is 1. The van der Waals surface area contributed by atoms with Crippen molar-refractivity contribution in [2.24, 2.45) is 10.7 Å². The summed E-state index contributed by atoms with van der Waals surface area (Å²) in [6.07, 6.45) is -0.0745. The van der Waals surface area contributed by atoms with Crippen molar-refractivity contribution in [3.63, 3.8) is 0 Å². The van der Waals surface area contributed by atoms with E-state index < -0.39 is 11.9 Å². The molecule has 1 aromatic carbocycles. The highest BCUT2D eigenvalue weighted by Gasteiger charge is 2.09. The third-order valence-electron chi connectivity index (χ3n) is 2.55. The number of ether oxygens (including phenoxy) is 1. The molecule has 0 bridgehead atoms. The number of para-hydroxylation sites is 2. The molecule has 110 valence electrons. The van der Waals surface area contributed by atoms with E-state index in [2.05, 4.69) is 20.0 Å². The number of nitrogens with zero attached hydrogens (tertiary/aromatic N) is 2. The van der Waals surface area contributed by atoms with E-state index in [0.717, 1.165) is 0 Å². The first kappa shape index (κ1) is 14.5. The van der Waals surface area contributed by atoms with Crippen LogP contribution < -0.4 is 11.1 Å². The number of nitrogens with two attached hydrogens (primary N) is 1. The molecule has 0 saturated heterocycles. The number of methoxy groups -OCH3 is 1. The van der Waals surface area contributed by atoms with Crippen LogP contribution in [0.5, 0.6) is 0 Å². The van der Waals surface area contributed by atoms with Crippen LogP contribution in [0.15, 0.2) is 33.7 Å². The number of hydrogen-bond acceptors (Lipinski definition) is 6. The Balaban J connectivity index is 1.97. The molecule has 0 unspecified atom stereocenters. The van der Waals surface area contributed by atoms with E-state index in [4.69, 9.17) is 10.2 Å². The third-order valence-corrected chi connectivity index (χ3v) is 2.55. The second-order valence-electron chi connectivity index (χ2n) is 4.09. The lowest BCUT2D eigenvalue weighted by Gasteiger charge is -2.02. The van der Waals surface area contributed by atoms with Crippen molar-refractivity contribution in [3.05, 3.63) is 24.3 Å². The Morgan fingerprint density at radius 3 is 2.86 bits per heavy atom. The Morgan fingerprint density at radius 2 is 2.14 bits per heavy atom. The van der Waals surface area contributed by atoms with Crippen LogP contribution in [-0.4, -0.2) is 29.9 Å². The highest BCUT2D eigenvalue weighted by atomic mass is 16.5. The van der Waals surface area contributed by atoms with Crippen molar-refractivity contribution < 1.29 is 18.7 Å². The van der Waals surface area contributed by atoms with Gasteiger partial charge < -0.3 is 14.9 Å². The molecule has 0 fully saturated rings. The summed E-state index contributed by atoms with van der Waals surface area (Å²) in [5.41, 5.74) is 6.78. The maximum Gasteiger partial charge on any atom is 0.325 e. The lowest BCUT2D eigenvalue weighted by atomic mass is 10.3. The summed E-state index contributed by atoms with van der Waals surface area (Å²) in [6.45, 7) is 0. The smallest absolute Gasteiger partial charge is 0.325 e. The van der Waals surface area contributed by atoms with Gasteiger partial charge in [0.25, 0.3) is 0 Å². The summed E-state index contributed by atoms with van der Waals surface area (Å²) in [5.74, 6) is -1.08. The van der Waals surface area contributed by atoms with Crippen molar-refractivity contribution in [1.82, 2.24) is 10.3 Å². The third kappa shape index (κ3) is 4.03. The van der Waals surface area contributed by atoms with Gasteiger partial charge in [-0.1, -0.05) is 12.1 Å². The van der Waals surface area contributed by atoms with E-state index in [1.165, 1.54) is 7.11 Å². The first-order chi connectivity index (χ1) is 10.1. The SMILES string of the molecule is COC(=O)CCC(=O)NC(N)=Nc1nc2ccccc2o1. The van der Waals surface area contributed by atoms with Gasteiger partial charge in [-0.3, -0.25) is 14.9 Å². The number of carbonyl (C=O) groups is 2. The van der Waals surface area contributed by atoms with Crippen LogP contribution in [0, 0.1) is 0 Å². The second kappa shape index (κ2) is 6.51. The number of esters is 1. The Hall–Kier alpha value is -2.90. The van der Waals surface area contributed by atoms with Gasteiger partial charge in [0.2, 0.25) is 11.9 Å². The van der Waals surface area contributed by atoms with Gasteiger partial charge in [-0.05, 0) is 12.1 Å². The van der Waals surface area contributed by atoms with Gasteiger partial charge in [-0.15, -0.1) is 0 Å². The number of hydrogen-bond donors (Lipinski definition) is 2. The minimum atomic E-state index is -0.473. The molecule has 0 saturated carbocycles. The lowest BCUT2D eigenvalue weighted by Crippen LogP contribution is -2.36. The summed E-state index contributed by atoms with van der Waals surface area (Å²) >= 11 is 0. The zero-order valence-corrected chi connectivity index (χ0v) is 11.3. The van der Waals surface area contributed by atoms with Crippen molar-refractivity contribution >= 4 is 35.0 Å². The fourth-order valence-corrected chi connectivity index (χ4v) is 1.56. The summed E-state index contributed by atoms with van der Waals surface area (Å²) in [4.78, 5) is 30.3. The van der Waals surface area contributed by atoms with Gasteiger partial charge in [0.15, 0.2) is 5.58 Å². The van der Waals surface area contributed by atoms with Crippen LogP contribution in [0.2, 0.25) is 0 Å². The van der Waals surface area contributed by atoms with Gasteiger partial charge in [0.05, 0.1) is 13.5 Å². The second-order valence-corrected chi connectivity index (χ2v) is 4.09. The molecule has 1 aromatic heterocycles. The van der Waals surface area contributed by atoms with E-state index in [1.54, 1.807) is 18.2 Å². The monoisotopic (exact) mass is 290 g/mol. The average Bonchev–Trinajstić information content (AvgIpc) is 2.86. The molecule has 0 aliphatic heterocycles. The number of carbonyl (C=O) groups excluding carboxylic acids is 2. The standard InChI is InChI=1S/C13H14N4O4/c1-20-11(19)7-6-10(18)16-12(14)17-13-15-8-4-2-3-5-9(8)21-13/h2-5H,6-7H2,1H3,(H3,14,15,16,17,18). The first-order valence-electron chi connectivity index (χ1n) is 6.15. The van der Waals surface area contributed by atoms with Crippen molar-refractivity contribution in [2.45, 2.75) is 12.8 Å². The molecule has 3 N–H and O–H groups in total. The predicted molar refractivity (Wildman–Crippen MR) is 74.7 cm³/mol. The highest BCUT2D eigenvalue weighted by Crippen LogP contribution is 2.19. The van der Waals surface area contributed by atoms with Crippen LogP contribution in [0.25, 0.3) is 11.1 Å². The fourth-order valence-electron chi connectivity index (χ4n) is 1.56. The van der Waals surface area contributed by atoms with Crippen molar-refractivity contribution in [2.75, 3.05) is 7.11 Å². The molecule has 21 heavy (non-hydrogen) atoms. The molecular weight excluding hydrogens is 276 g/mol. The molecule has 2 rings (SSSR count). The van der Waals surface area contributed by atoms with Crippen LogP contribution >= 0.6 is 0 Å². The Kier molecular flexibility index (Phi) is 4.50. The average molecular weight is 290 g/mol. The van der Waals surface area contributed by atoms with E-state index >= 15 is 0 Å². The predicted octanol–water partition coefficient (Wildman–Crippen LogP) is 0.843. The summed E-state index contributed by atoms with van der Waals surface area (Å²) in [6, 6.07) is 7.17. The van der Waals surface area contributed by atoms with Crippen LogP contribution in [-0.2, 0) is 14.3 Å². The van der Waals surface area contributed by atoms with Crippen molar-refractivity contribution in [1.29, 1.82) is 0 Å². The largest absolute Gasteiger partial charge is 0.469 e.